The summed E-state index contributed by atoms with van der Waals surface area (Å²) in [5.41, 5.74) is -2.75. The zero-order chi connectivity index (χ0) is 28.8. The van der Waals surface area contributed by atoms with Crippen LogP contribution in [0.15, 0.2) is 47.2 Å². The van der Waals surface area contributed by atoms with Crippen LogP contribution in [0.1, 0.15) is 13.4 Å². The quantitative estimate of drug-likeness (QED) is 0.431. The molecular formula is C24H23F5N4O6S. The number of ether oxygens (including phenoxy) is 2. The summed E-state index contributed by atoms with van der Waals surface area (Å²) in [4.78, 5) is 14.2. The van der Waals surface area contributed by atoms with Gasteiger partial charge in [0.1, 0.15) is 30.3 Å². The summed E-state index contributed by atoms with van der Waals surface area (Å²) in [5, 5.41) is 3.51. The zero-order valence-electron chi connectivity index (χ0n) is 20.6. The van der Waals surface area contributed by atoms with E-state index >= 15 is 4.39 Å². The number of alkyl halides is 3. The van der Waals surface area contributed by atoms with E-state index in [1.54, 1.807) is 0 Å². The number of nitrogens with zero attached hydrogens (tertiary/aromatic N) is 3. The molecule has 2 aliphatic heterocycles. The minimum Gasteiger partial charge on any atom is -0.495 e. The summed E-state index contributed by atoms with van der Waals surface area (Å²) >= 11 is 0. The first kappa shape index (κ1) is 27.8. The van der Waals surface area contributed by atoms with Gasteiger partial charge in [0.05, 0.1) is 30.5 Å². The van der Waals surface area contributed by atoms with Crippen molar-refractivity contribution in [1.82, 2.24) is 9.46 Å². The smallest absolute Gasteiger partial charge is 0.419 e. The number of rotatable bonds is 6. The minimum absolute atomic E-state index is 0. The Morgan fingerprint density at radius 2 is 1.95 bits per heavy atom. The predicted octanol–water partition coefficient (Wildman–Crippen LogP) is 4.06. The minimum atomic E-state index is -5.00. The van der Waals surface area contributed by atoms with Crippen LogP contribution in [0, 0.1) is 11.6 Å². The average Bonchev–Trinajstić information content (AvgIpc) is 3.40. The molecule has 16 heteroatoms. The number of fused-ring (bicyclic) bond motifs is 1. The third-order valence-electron chi connectivity index (χ3n) is 6.64. The van der Waals surface area contributed by atoms with E-state index in [4.69, 9.17) is 9.47 Å². The topological polar surface area (TPSA) is 114 Å². The van der Waals surface area contributed by atoms with Crippen molar-refractivity contribution in [2.75, 3.05) is 36.4 Å². The second kappa shape index (κ2) is 10.3. The second-order valence-electron chi connectivity index (χ2n) is 8.99. The van der Waals surface area contributed by atoms with Gasteiger partial charge in [-0.2, -0.15) is 25.9 Å². The number of hydrogen-bond acceptors (Lipinski definition) is 7. The van der Waals surface area contributed by atoms with E-state index in [1.165, 1.54) is 24.3 Å². The highest BCUT2D eigenvalue weighted by Crippen LogP contribution is 2.42. The molecule has 2 aromatic carbocycles. The van der Waals surface area contributed by atoms with Crippen LogP contribution in [-0.2, 0) is 25.9 Å². The number of hydrogen-bond donors (Lipinski definition) is 1. The third kappa shape index (κ3) is 5.09. The Bertz CT molecular complexity index is 1540. The maximum Gasteiger partial charge on any atom is 0.419 e. The first-order valence-corrected chi connectivity index (χ1v) is 13.2. The molecule has 10 nitrogen and oxygen atoms in total. The zero-order valence-corrected chi connectivity index (χ0v) is 21.4. The average molecular weight is 591 g/mol. The number of methoxy groups -OCH3 is 1. The van der Waals surface area contributed by atoms with E-state index in [2.05, 4.69) is 14.4 Å². The molecule has 2 saturated heterocycles. The number of aromatic nitrogens is 1. The van der Waals surface area contributed by atoms with E-state index in [1.807, 2.05) is 0 Å². The molecule has 5 rings (SSSR count). The van der Waals surface area contributed by atoms with Gasteiger partial charge in [-0.3, -0.25) is 9.52 Å². The molecule has 0 spiro atoms. The molecule has 40 heavy (non-hydrogen) atoms. The molecule has 3 aromatic rings. The van der Waals surface area contributed by atoms with Gasteiger partial charge < -0.3 is 18.9 Å². The van der Waals surface area contributed by atoms with Crippen molar-refractivity contribution in [3.05, 3.63) is 59.9 Å². The Labute approximate surface area is 225 Å². The van der Waals surface area contributed by atoms with Gasteiger partial charge >= 0.3 is 16.4 Å². The number of piperidine rings is 1. The van der Waals surface area contributed by atoms with Crippen molar-refractivity contribution in [3.63, 3.8) is 0 Å². The number of carbonyl (C=O) groups is 1. The lowest BCUT2D eigenvalue weighted by Crippen LogP contribution is -2.62. The Morgan fingerprint density at radius 3 is 2.62 bits per heavy atom. The molecule has 0 radical (unpaired) electrons. The van der Waals surface area contributed by atoms with Gasteiger partial charge in [-0.05, 0) is 18.6 Å². The molecule has 3 heterocycles. The summed E-state index contributed by atoms with van der Waals surface area (Å²) in [5.74, 6) is -3.46. The largest absolute Gasteiger partial charge is 0.495 e. The van der Waals surface area contributed by atoms with E-state index < -0.39 is 69.4 Å². The van der Waals surface area contributed by atoms with Crippen molar-refractivity contribution >= 4 is 27.6 Å². The Morgan fingerprint density at radius 1 is 1.18 bits per heavy atom. The molecule has 2 aliphatic rings. The van der Waals surface area contributed by atoms with Crippen molar-refractivity contribution < 1.29 is 50.6 Å². The van der Waals surface area contributed by atoms with Gasteiger partial charge in [-0.15, -0.1) is 0 Å². The van der Waals surface area contributed by atoms with Crippen LogP contribution in [0.3, 0.4) is 0 Å². The molecule has 0 saturated carbocycles. The highest BCUT2D eigenvalue weighted by atomic mass is 32.2. The maximum absolute atomic E-state index is 15.4. The molecule has 1 N–H and O–H groups in total. The maximum atomic E-state index is 15.4. The van der Waals surface area contributed by atoms with Crippen LogP contribution >= 0.6 is 0 Å². The standard InChI is InChI=1S/C24H21F5N4O6S.H2/c1-37-19-9-14(13-3-2-4-15(23(13)26)24(27,28)29)16(25)10-18(19)33-17-5-7-32(11-20(17)38-12-22(33)34)40(35,36)31-21-6-8-39-30-21;/h2-4,6,8-10,17,20H,5,7,11-12H2,1H3,(H,30,31);1H/t17-,20-;/m0./s1. The van der Waals surface area contributed by atoms with Crippen molar-refractivity contribution in [2.45, 2.75) is 24.7 Å². The summed E-state index contributed by atoms with van der Waals surface area (Å²) < 4.78 is 114. The number of halogens is 5. The van der Waals surface area contributed by atoms with Crippen molar-refractivity contribution in [1.29, 1.82) is 0 Å². The highest BCUT2D eigenvalue weighted by molar-refractivity contribution is 7.90. The number of morpholine rings is 1. The highest BCUT2D eigenvalue weighted by Gasteiger charge is 2.45. The summed E-state index contributed by atoms with van der Waals surface area (Å²) in [6.07, 6.45) is -4.53. The fraction of sp³-hybridized carbons (Fsp3) is 0.333. The third-order valence-corrected chi connectivity index (χ3v) is 8.12. The molecule has 0 unspecified atom stereocenters. The van der Waals surface area contributed by atoms with Crippen LogP contribution in [0.5, 0.6) is 5.75 Å². The SMILES string of the molecule is COc1cc(-c2cccc(C(F)(F)F)c2F)c(F)cc1N1C(=O)CO[C@H]2CN(S(=O)(=O)Nc3ccon3)CC[C@@H]21.[HH]. The first-order chi connectivity index (χ1) is 18.9. The van der Waals surface area contributed by atoms with Crippen LogP contribution in [0.4, 0.5) is 33.5 Å². The number of benzene rings is 2. The van der Waals surface area contributed by atoms with Gasteiger partial charge in [0.25, 0.3) is 5.91 Å². The lowest BCUT2D eigenvalue weighted by molar-refractivity contribution is -0.140. The Hall–Kier alpha value is -3.76. The molecule has 1 amide bonds. The van der Waals surface area contributed by atoms with E-state index in [0.717, 1.165) is 28.6 Å². The van der Waals surface area contributed by atoms with E-state index in [9.17, 15) is 30.8 Å². The van der Waals surface area contributed by atoms with Gasteiger partial charge in [-0.25, -0.2) is 8.78 Å². The van der Waals surface area contributed by atoms with Crippen LogP contribution in [0.2, 0.25) is 0 Å². The lowest BCUT2D eigenvalue weighted by Gasteiger charge is -2.46. The summed E-state index contributed by atoms with van der Waals surface area (Å²) in [6.45, 7) is -0.652. The molecule has 216 valence electrons. The fourth-order valence-corrected chi connectivity index (χ4v) is 6.01. The number of anilines is 2. The second-order valence-corrected chi connectivity index (χ2v) is 10.7. The Balaban J connectivity index is 0.00000387. The monoisotopic (exact) mass is 590 g/mol. The summed E-state index contributed by atoms with van der Waals surface area (Å²) in [6, 6.07) is 4.98. The number of nitrogens with one attached hydrogen (secondary N) is 1. The summed E-state index contributed by atoms with van der Waals surface area (Å²) in [7, 11) is -2.84. The van der Waals surface area contributed by atoms with Gasteiger partial charge in [-0.1, -0.05) is 17.3 Å². The van der Waals surface area contributed by atoms with Crippen LogP contribution < -0.4 is 14.4 Å². The first-order valence-electron chi connectivity index (χ1n) is 11.8. The number of carbonyl (C=O) groups excluding carboxylic acids is 1. The van der Waals surface area contributed by atoms with Crippen LogP contribution in [0.25, 0.3) is 11.1 Å². The Kier molecular flexibility index (Phi) is 7.18. The van der Waals surface area contributed by atoms with E-state index in [0.29, 0.717) is 6.07 Å². The van der Waals surface area contributed by atoms with Gasteiger partial charge in [0.2, 0.25) is 0 Å². The number of amides is 1. The van der Waals surface area contributed by atoms with E-state index in [-0.39, 0.29) is 38.2 Å². The molecular weight excluding hydrogens is 567 g/mol. The fourth-order valence-electron chi connectivity index (χ4n) is 4.82. The molecule has 0 aliphatic carbocycles. The lowest BCUT2D eigenvalue weighted by atomic mass is 9.96. The molecule has 2 fully saturated rings. The van der Waals surface area contributed by atoms with Crippen LogP contribution in [-0.4, -0.2) is 62.7 Å². The molecule has 0 bridgehead atoms. The van der Waals surface area contributed by atoms with Crippen molar-refractivity contribution in [3.8, 4) is 16.9 Å². The molecule has 1 aromatic heterocycles. The normalized spacial score (nSPS) is 20.4. The van der Waals surface area contributed by atoms with Crippen molar-refractivity contribution in [2.24, 2.45) is 0 Å². The van der Waals surface area contributed by atoms with Gasteiger partial charge in [0.15, 0.2) is 5.82 Å². The predicted molar refractivity (Wildman–Crippen MR) is 132 cm³/mol. The van der Waals surface area contributed by atoms with Gasteiger partial charge in [0, 0.05) is 37.8 Å². The molecule has 2 atom stereocenters.